The molecule has 4 heteroatoms. The molecule has 21 valence electrons. The van der Waals surface area contributed by atoms with Crippen LogP contribution in [0.1, 0.15) is 0 Å². The largest absolute Gasteiger partial charge is 4.00 e. The van der Waals surface area contributed by atoms with Crippen molar-refractivity contribution in [3.05, 3.63) is 0 Å². The molecule has 0 bridgehead atoms. The maximum atomic E-state index is 0. The summed E-state index contributed by atoms with van der Waals surface area (Å²) in [5.74, 6) is 0. The van der Waals surface area contributed by atoms with E-state index in [-0.39, 0.29) is 51.9 Å². The molecule has 2 nitrogen and oxygen atoms in total. The van der Waals surface area contributed by atoms with E-state index in [1.54, 1.807) is 0 Å². The third-order valence-electron chi connectivity index (χ3n) is 0. The standard InChI is InChI=1S/Mn.2O.Sn/q+2;2*-2;+4. The normalized spacial score (nSPS) is 0. The van der Waals surface area contributed by atoms with Crippen LogP contribution in [0.3, 0.4) is 0 Å². The topological polar surface area (TPSA) is 57.0 Å². The second-order valence-electron chi connectivity index (χ2n) is 0. The molecule has 0 amide bonds. The molecule has 0 aromatic heterocycles. The number of hydrogen-bond acceptors (Lipinski definition) is 0. The van der Waals surface area contributed by atoms with E-state index in [0.717, 1.165) is 0 Å². The van der Waals surface area contributed by atoms with Crippen molar-refractivity contribution in [1.29, 1.82) is 0 Å². The van der Waals surface area contributed by atoms with E-state index < -0.39 is 0 Å². The molecule has 4 heavy (non-hydrogen) atoms. The monoisotopic (exact) mass is 207 g/mol. The minimum absolute atomic E-state index is 0. The summed E-state index contributed by atoms with van der Waals surface area (Å²) in [6.45, 7) is 0. The van der Waals surface area contributed by atoms with Crippen molar-refractivity contribution in [3.63, 3.8) is 0 Å². The molecule has 0 heterocycles. The van der Waals surface area contributed by atoms with E-state index in [1.807, 2.05) is 0 Å². The van der Waals surface area contributed by atoms with Gasteiger partial charge in [-0.3, -0.25) is 0 Å². The smallest absolute Gasteiger partial charge is 2.00 e. The van der Waals surface area contributed by atoms with Crippen LogP contribution in [-0.4, -0.2) is 23.9 Å². The Morgan fingerprint density at radius 3 is 0.750 bits per heavy atom. The molecule has 0 unspecified atom stereocenters. The van der Waals surface area contributed by atoms with Gasteiger partial charge in [0.05, 0.1) is 0 Å². The Bertz CT molecular complexity index is 6.00. The summed E-state index contributed by atoms with van der Waals surface area (Å²) in [4.78, 5) is 0. The summed E-state index contributed by atoms with van der Waals surface area (Å²) in [6, 6.07) is 0. The Kier molecular flexibility index (Phi) is 445. The maximum Gasteiger partial charge on any atom is 4.00 e. The fourth-order valence-electron chi connectivity index (χ4n) is 0. The average molecular weight is 206 g/mol. The first kappa shape index (κ1) is 61.4. The molecule has 1 radical (unpaired) electrons. The SMILES string of the molecule is [Mn+2].[O-2].[O-2].[Sn+4]. The van der Waals surface area contributed by atoms with E-state index in [0.29, 0.717) is 0 Å². The second-order valence-corrected chi connectivity index (χ2v) is 0. The second kappa shape index (κ2) is 29.0. The van der Waals surface area contributed by atoms with E-state index in [9.17, 15) is 0 Å². The van der Waals surface area contributed by atoms with Crippen LogP contribution in [0, 0.1) is 0 Å². The first-order valence-corrected chi connectivity index (χ1v) is 0. The molecule has 0 aliphatic carbocycles. The molecule has 0 atom stereocenters. The van der Waals surface area contributed by atoms with Crippen LogP contribution in [0.5, 0.6) is 0 Å². The summed E-state index contributed by atoms with van der Waals surface area (Å²) in [6.07, 6.45) is 0. The average Bonchev–Trinajstić information content (AvgIpc) is 0. The van der Waals surface area contributed by atoms with Crippen molar-refractivity contribution in [3.8, 4) is 0 Å². The molecule has 0 rings (SSSR count). The Labute approximate surface area is 52.0 Å². The van der Waals surface area contributed by atoms with Gasteiger partial charge in [0.15, 0.2) is 0 Å². The predicted octanol–water partition coefficient (Wildman–Crippen LogP) is -0.621. The van der Waals surface area contributed by atoms with Crippen molar-refractivity contribution < 1.29 is 28.0 Å². The molecular formula is MnO2Sn+2. The summed E-state index contributed by atoms with van der Waals surface area (Å²) >= 11 is 0. The third-order valence-corrected chi connectivity index (χ3v) is 0. The van der Waals surface area contributed by atoms with Crippen LogP contribution < -0.4 is 0 Å². The zero-order valence-corrected chi connectivity index (χ0v) is 5.73. The first-order chi connectivity index (χ1) is 0. The van der Waals surface area contributed by atoms with Crippen molar-refractivity contribution in [2.24, 2.45) is 0 Å². The zero-order valence-electron chi connectivity index (χ0n) is 1.69. The van der Waals surface area contributed by atoms with Crippen LogP contribution in [0.2, 0.25) is 0 Å². The third kappa shape index (κ3) is 10.6. The number of rotatable bonds is 0. The van der Waals surface area contributed by atoms with Crippen LogP contribution in [0.4, 0.5) is 0 Å². The van der Waals surface area contributed by atoms with Crippen molar-refractivity contribution in [2.45, 2.75) is 0 Å². The molecule has 0 aliphatic rings. The maximum absolute atomic E-state index is 0. The van der Waals surface area contributed by atoms with Gasteiger partial charge in [0.1, 0.15) is 0 Å². The summed E-state index contributed by atoms with van der Waals surface area (Å²) in [5, 5.41) is 0. The van der Waals surface area contributed by atoms with Crippen molar-refractivity contribution in [1.82, 2.24) is 0 Å². The van der Waals surface area contributed by atoms with E-state index in [1.165, 1.54) is 0 Å². The first-order valence-electron chi connectivity index (χ1n) is 0. The van der Waals surface area contributed by atoms with E-state index in [4.69, 9.17) is 0 Å². The van der Waals surface area contributed by atoms with Gasteiger partial charge >= 0.3 is 41.0 Å². The van der Waals surface area contributed by atoms with Gasteiger partial charge in [0.2, 0.25) is 0 Å². The van der Waals surface area contributed by atoms with Crippen LogP contribution in [0.25, 0.3) is 0 Å². The van der Waals surface area contributed by atoms with E-state index in [2.05, 4.69) is 0 Å². The fraction of sp³-hybridized carbons (Fsp3) is 0. The molecular weight excluding hydrogens is 206 g/mol. The minimum Gasteiger partial charge on any atom is -2.00 e. The quantitative estimate of drug-likeness (QED) is 0.474. The molecule has 0 spiro atoms. The Morgan fingerprint density at radius 2 is 0.750 bits per heavy atom. The summed E-state index contributed by atoms with van der Waals surface area (Å²) in [7, 11) is 0. The van der Waals surface area contributed by atoms with Crippen LogP contribution in [-0.2, 0) is 28.0 Å². The van der Waals surface area contributed by atoms with Crippen molar-refractivity contribution >= 4 is 23.9 Å². The van der Waals surface area contributed by atoms with E-state index >= 15 is 0 Å². The van der Waals surface area contributed by atoms with Gasteiger partial charge in [-0.15, -0.1) is 0 Å². The van der Waals surface area contributed by atoms with Gasteiger partial charge in [0, 0.05) is 0 Å². The number of hydrogen-bond donors (Lipinski definition) is 0. The van der Waals surface area contributed by atoms with Gasteiger partial charge in [-0.1, -0.05) is 0 Å². The Hall–Kier alpha value is 1.24. The molecule has 0 aromatic rings. The van der Waals surface area contributed by atoms with Crippen molar-refractivity contribution in [2.75, 3.05) is 0 Å². The fourth-order valence-corrected chi connectivity index (χ4v) is 0. The zero-order chi connectivity index (χ0) is 0. The van der Waals surface area contributed by atoms with Crippen LogP contribution in [0.15, 0.2) is 0 Å². The molecule has 0 saturated heterocycles. The Balaban J connectivity index is 0. The van der Waals surface area contributed by atoms with Crippen LogP contribution >= 0.6 is 0 Å². The molecule has 0 N–H and O–H groups in total. The summed E-state index contributed by atoms with van der Waals surface area (Å²) < 4.78 is 0. The van der Waals surface area contributed by atoms with Gasteiger partial charge in [-0.05, 0) is 0 Å². The van der Waals surface area contributed by atoms with Gasteiger partial charge in [-0.2, -0.15) is 0 Å². The minimum atomic E-state index is 0. The predicted molar refractivity (Wildman–Crippen MR) is 7.13 cm³/mol. The van der Waals surface area contributed by atoms with Gasteiger partial charge in [0.25, 0.3) is 0 Å². The molecule has 0 fully saturated rings. The van der Waals surface area contributed by atoms with Gasteiger partial charge < -0.3 is 11.0 Å². The Morgan fingerprint density at radius 1 is 0.750 bits per heavy atom. The van der Waals surface area contributed by atoms with Gasteiger partial charge in [-0.25, -0.2) is 0 Å². The molecule has 0 saturated carbocycles. The molecule has 0 aliphatic heterocycles. The summed E-state index contributed by atoms with van der Waals surface area (Å²) in [5.41, 5.74) is 0. The molecule has 0 aromatic carbocycles.